The Morgan fingerprint density at radius 3 is 0.810 bits per heavy atom. The Kier molecular flexibility index (Phi) is 4.55. The van der Waals surface area contributed by atoms with Crippen LogP contribution in [0.3, 0.4) is 0 Å². The van der Waals surface area contributed by atoms with Crippen molar-refractivity contribution in [3.05, 3.63) is 0 Å². The van der Waals surface area contributed by atoms with Crippen molar-refractivity contribution in [2.75, 3.05) is 0 Å². The summed E-state index contributed by atoms with van der Waals surface area (Å²) in [5.74, 6) is -14.4. The molecule has 0 saturated carbocycles. The molecule has 128 valence electrons. The Balaban J connectivity index is 5.65. The molecule has 0 aliphatic heterocycles. The largest absolute Gasteiger partial charge is 0.433 e. The fourth-order valence-electron chi connectivity index (χ4n) is 0.639. The molecule has 0 aromatic rings. The average Bonchev–Trinajstić information content (AvgIpc) is 2.11. The molecule has 0 aliphatic rings. The topological polar surface area (TPSA) is 49.7 Å². The smallest absolute Gasteiger partial charge is 0.331 e. The summed E-state index contributed by atoms with van der Waals surface area (Å²) in [5, 5.41) is 14.7. The maximum Gasteiger partial charge on any atom is 0.433 e. The van der Waals surface area contributed by atoms with E-state index in [0.29, 0.717) is 0 Å². The Morgan fingerprint density at radius 2 is 0.667 bits per heavy atom. The van der Waals surface area contributed by atoms with E-state index in [2.05, 4.69) is 0 Å². The van der Waals surface area contributed by atoms with Crippen molar-refractivity contribution >= 4 is 0 Å². The molecule has 0 rings (SSSR count). The molecule has 3 nitrogen and oxygen atoms in total. The number of hydrogen-bond acceptors (Lipinski definition) is 3. The zero-order chi connectivity index (χ0) is 17.7. The number of aliphatic hydroxyl groups is 2. The molecule has 0 atom stereocenters. The van der Waals surface area contributed by atoms with E-state index in [9.17, 15) is 52.7 Å². The van der Waals surface area contributed by atoms with Crippen LogP contribution in [0.2, 0.25) is 0 Å². The second-order valence-corrected chi connectivity index (χ2v) is 3.37. The molecule has 0 aromatic carbocycles. The number of rotatable bonds is 6. The summed E-state index contributed by atoms with van der Waals surface area (Å²) in [6.07, 6.45) is -27.9. The predicted molar refractivity (Wildman–Crippen MR) is 35.2 cm³/mol. The average molecular weight is 350 g/mol. The van der Waals surface area contributed by atoms with Gasteiger partial charge in [0.15, 0.2) is 0 Å². The van der Waals surface area contributed by atoms with E-state index in [1.54, 1.807) is 0 Å². The number of halogens is 12. The van der Waals surface area contributed by atoms with Crippen molar-refractivity contribution in [2.24, 2.45) is 0 Å². The molecule has 2 N–H and O–H groups in total. The van der Waals surface area contributed by atoms with Crippen LogP contribution in [0, 0.1) is 0 Å². The molecular weight excluding hydrogens is 348 g/mol. The summed E-state index contributed by atoms with van der Waals surface area (Å²) < 4.78 is 147. The summed E-state index contributed by atoms with van der Waals surface area (Å²) in [4.78, 5) is 0. The molecule has 0 radical (unpaired) electrons. The summed E-state index contributed by atoms with van der Waals surface area (Å²) >= 11 is 0. The van der Waals surface area contributed by atoms with Gasteiger partial charge in [-0.3, -0.25) is 0 Å². The quantitative estimate of drug-likeness (QED) is 0.725. The van der Waals surface area contributed by atoms with Crippen LogP contribution in [0.1, 0.15) is 0 Å². The minimum Gasteiger partial charge on any atom is -0.331 e. The monoisotopic (exact) mass is 350 g/mol. The molecule has 0 fully saturated rings. The minimum absolute atomic E-state index is 1.36. The molecular formula is C6H2F12O3. The maximum absolute atomic E-state index is 12.4. The molecule has 0 heterocycles. The normalized spacial score (nSPS) is 16.3. The third-order valence-corrected chi connectivity index (χ3v) is 1.74. The fraction of sp³-hybridized carbons (Fsp3) is 1.00. The summed E-state index contributed by atoms with van der Waals surface area (Å²) in [5.41, 5.74) is 0. The third-order valence-electron chi connectivity index (χ3n) is 1.74. The van der Waals surface area contributed by atoms with Crippen LogP contribution < -0.4 is 0 Å². The summed E-state index contributed by atoms with van der Waals surface area (Å²) in [6.45, 7) is 0. The first-order chi connectivity index (χ1) is 8.71. The zero-order valence-corrected chi connectivity index (χ0v) is 8.84. The van der Waals surface area contributed by atoms with E-state index in [1.165, 1.54) is 4.74 Å². The van der Waals surface area contributed by atoms with Crippen LogP contribution in [-0.4, -0.2) is 46.5 Å². The van der Waals surface area contributed by atoms with Gasteiger partial charge in [0.1, 0.15) is 0 Å². The predicted octanol–water partition coefficient (Wildman–Crippen LogP) is 2.63. The number of hydrogen-bond donors (Lipinski definition) is 2. The van der Waals surface area contributed by atoms with E-state index < -0.39 is 36.3 Å². The van der Waals surface area contributed by atoms with Crippen LogP contribution in [0.25, 0.3) is 0 Å². The Morgan fingerprint density at radius 1 is 0.476 bits per heavy atom. The van der Waals surface area contributed by atoms with Gasteiger partial charge in [-0.25, -0.2) is 4.74 Å². The zero-order valence-electron chi connectivity index (χ0n) is 8.84. The molecule has 0 unspecified atom stereocenters. The lowest BCUT2D eigenvalue weighted by molar-refractivity contribution is -0.525. The van der Waals surface area contributed by atoms with Crippen molar-refractivity contribution < 1.29 is 67.6 Å². The minimum atomic E-state index is -7.22. The van der Waals surface area contributed by atoms with Crippen LogP contribution in [0.5, 0.6) is 0 Å². The van der Waals surface area contributed by atoms with Gasteiger partial charge in [-0.05, 0) is 0 Å². The lowest BCUT2D eigenvalue weighted by Gasteiger charge is -2.34. The first-order valence-corrected chi connectivity index (χ1v) is 4.12. The molecule has 0 spiro atoms. The Labute approximate surface area is 105 Å². The molecule has 0 amide bonds. The highest BCUT2D eigenvalue weighted by molar-refractivity contribution is 4.90. The lowest BCUT2D eigenvalue weighted by Crippen LogP contribution is -2.62. The van der Waals surface area contributed by atoms with Gasteiger partial charge in [0.25, 0.3) is 0 Å². The SMILES string of the molecule is OC(F)(F)C(F)(F)C(F)(F)OC(F)(F)C(F)(F)C(O)(F)F. The maximum atomic E-state index is 12.4. The van der Waals surface area contributed by atoms with Gasteiger partial charge in [-0.1, -0.05) is 0 Å². The number of ether oxygens (including phenoxy) is 1. The first kappa shape index (κ1) is 20.0. The Hall–Kier alpha value is -0.960. The summed E-state index contributed by atoms with van der Waals surface area (Å²) in [6, 6.07) is 0. The van der Waals surface area contributed by atoms with Crippen molar-refractivity contribution in [3.63, 3.8) is 0 Å². The van der Waals surface area contributed by atoms with E-state index in [4.69, 9.17) is 10.2 Å². The van der Waals surface area contributed by atoms with Crippen LogP contribution in [-0.2, 0) is 4.74 Å². The van der Waals surface area contributed by atoms with Gasteiger partial charge in [0.05, 0.1) is 0 Å². The highest BCUT2D eigenvalue weighted by Crippen LogP contribution is 2.52. The van der Waals surface area contributed by atoms with E-state index >= 15 is 0 Å². The molecule has 15 heteroatoms. The second kappa shape index (κ2) is 4.77. The van der Waals surface area contributed by atoms with Gasteiger partial charge in [0, 0.05) is 0 Å². The van der Waals surface area contributed by atoms with Crippen molar-refractivity contribution in [1.82, 2.24) is 0 Å². The fourth-order valence-corrected chi connectivity index (χ4v) is 0.639. The molecule has 0 bridgehead atoms. The van der Waals surface area contributed by atoms with Crippen LogP contribution >= 0.6 is 0 Å². The lowest BCUT2D eigenvalue weighted by atomic mass is 10.2. The molecule has 0 aliphatic carbocycles. The molecule has 0 saturated heterocycles. The van der Waals surface area contributed by atoms with Gasteiger partial charge in [-0.2, -0.15) is 52.7 Å². The van der Waals surface area contributed by atoms with Crippen molar-refractivity contribution in [2.45, 2.75) is 36.3 Å². The highest BCUT2D eigenvalue weighted by atomic mass is 19.4. The third kappa shape index (κ3) is 3.28. The molecule has 21 heavy (non-hydrogen) atoms. The van der Waals surface area contributed by atoms with Crippen molar-refractivity contribution in [1.29, 1.82) is 0 Å². The van der Waals surface area contributed by atoms with Gasteiger partial charge < -0.3 is 10.2 Å². The molecule has 0 aromatic heterocycles. The van der Waals surface area contributed by atoms with E-state index in [-0.39, 0.29) is 0 Å². The number of alkyl halides is 12. The van der Waals surface area contributed by atoms with Gasteiger partial charge in [-0.15, -0.1) is 0 Å². The van der Waals surface area contributed by atoms with Gasteiger partial charge >= 0.3 is 36.3 Å². The summed E-state index contributed by atoms with van der Waals surface area (Å²) in [7, 11) is 0. The first-order valence-electron chi connectivity index (χ1n) is 4.12. The highest BCUT2D eigenvalue weighted by Gasteiger charge is 2.81. The van der Waals surface area contributed by atoms with Crippen LogP contribution in [0.4, 0.5) is 52.7 Å². The second-order valence-electron chi connectivity index (χ2n) is 3.37. The van der Waals surface area contributed by atoms with Crippen LogP contribution in [0.15, 0.2) is 0 Å². The van der Waals surface area contributed by atoms with E-state index in [0.717, 1.165) is 0 Å². The van der Waals surface area contributed by atoms with Gasteiger partial charge in [0.2, 0.25) is 0 Å². The van der Waals surface area contributed by atoms with E-state index in [1.807, 2.05) is 0 Å². The Bertz CT molecular complexity index is 343. The van der Waals surface area contributed by atoms with Crippen molar-refractivity contribution in [3.8, 4) is 0 Å². The standard InChI is InChI=1S/C6H2F12O3/c7-1(8,3(11,12)19)5(15,16)21-6(17,18)2(9,10)4(13,14)20/h19-20H.